The maximum atomic E-state index is 14.9. The Morgan fingerprint density at radius 2 is 1.83 bits per heavy atom. The fourth-order valence-electron chi connectivity index (χ4n) is 3.93. The number of anilines is 2. The number of pyridine rings is 1. The lowest BCUT2D eigenvalue weighted by atomic mass is 9.74. The van der Waals surface area contributed by atoms with Crippen LogP contribution in [-0.2, 0) is 21.3 Å². The van der Waals surface area contributed by atoms with Gasteiger partial charge in [0.05, 0.1) is 11.2 Å². The third-order valence-corrected chi connectivity index (χ3v) is 5.89. The average molecular weight is 503 g/mol. The molecule has 0 spiro atoms. The summed E-state index contributed by atoms with van der Waals surface area (Å²) in [5, 5.41) is 13.6. The van der Waals surface area contributed by atoms with Crippen LogP contribution in [0, 0.1) is 5.82 Å². The van der Waals surface area contributed by atoms with E-state index in [2.05, 4.69) is 15.6 Å². The molecule has 0 radical (unpaired) electrons. The van der Waals surface area contributed by atoms with Gasteiger partial charge in [-0.2, -0.15) is 13.2 Å². The molecule has 0 aliphatic heterocycles. The van der Waals surface area contributed by atoms with Crippen LogP contribution in [-0.4, -0.2) is 28.7 Å². The van der Waals surface area contributed by atoms with Crippen LogP contribution in [0.2, 0.25) is 0 Å². The van der Waals surface area contributed by atoms with Crippen LogP contribution >= 0.6 is 0 Å². The summed E-state index contributed by atoms with van der Waals surface area (Å²) in [5.74, 6) is -1.53. The molecule has 3 aromatic rings. The van der Waals surface area contributed by atoms with Crippen molar-refractivity contribution in [2.45, 2.75) is 31.0 Å². The van der Waals surface area contributed by atoms with Gasteiger partial charge in [-0.05, 0) is 61.2 Å². The average Bonchev–Trinajstić information content (AvgIpc) is 2.78. The van der Waals surface area contributed by atoms with Gasteiger partial charge in [-0.15, -0.1) is 0 Å². The van der Waals surface area contributed by atoms with E-state index in [-0.39, 0.29) is 17.1 Å². The highest BCUT2D eigenvalue weighted by atomic mass is 19.4. The number of carbonyl (C=O) groups is 2. The molecule has 3 N–H and O–H groups in total. The number of aromatic nitrogens is 1. The number of benzene rings is 2. The molecule has 1 saturated carbocycles. The molecule has 11 heteroatoms. The lowest BCUT2D eigenvalue weighted by Gasteiger charge is -2.41. The number of aliphatic carboxylic acids is 1. The van der Waals surface area contributed by atoms with Crippen LogP contribution in [0.3, 0.4) is 0 Å². The lowest BCUT2D eigenvalue weighted by Crippen LogP contribution is -2.38. The van der Waals surface area contributed by atoms with Crippen molar-refractivity contribution in [1.82, 2.24) is 4.98 Å². The van der Waals surface area contributed by atoms with Gasteiger partial charge >= 0.3 is 18.2 Å². The third-order valence-electron chi connectivity index (χ3n) is 5.89. The molecule has 2 amide bonds. The Morgan fingerprint density at radius 1 is 1.06 bits per heavy atom. The Kier molecular flexibility index (Phi) is 6.93. The summed E-state index contributed by atoms with van der Waals surface area (Å²) in [4.78, 5) is 27.1. The van der Waals surface area contributed by atoms with Gasteiger partial charge in [0.15, 0.2) is 0 Å². The van der Waals surface area contributed by atoms with Gasteiger partial charge < -0.3 is 15.2 Å². The first kappa shape index (κ1) is 25.1. The van der Waals surface area contributed by atoms with Crippen LogP contribution in [0.1, 0.15) is 30.4 Å². The van der Waals surface area contributed by atoms with Gasteiger partial charge in [0.1, 0.15) is 18.2 Å². The Bertz CT molecular complexity index is 1280. The molecule has 0 unspecified atom stereocenters. The number of amides is 2. The predicted molar refractivity (Wildman–Crippen MR) is 123 cm³/mol. The predicted octanol–water partition coefficient (Wildman–Crippen LogP) is 6.03. The number of rotatable bonds is 7. The number of carboxylic acid groups (broad SMARTS) is 1. The largest absolute Gasteiger partial charge is 0.480 e. The Morgan fingerprint density at radius 3 is 2.42 bits per heavy atom. The zero-order valence-electron chi connectivity index (χ0n) is 18.7. The summed E-state index contributed by atoms with van der Waals surface area (Å²) < 4.78 is 59.0. The molecule has 1 aliphatic rings. The van der Waals surface area contributed by atoms with Gasteiger partial charge in [0.25, 0.3) is 0 Å². The highest BCUT2D eigenvalue weighted by Gasteiger charge is 2.40. The number of urea groups is 1. The van der Waals surface area contributed by atoms with E-state index in [0.717, 1.165) is 18.6 Å². The number of carboxylic acids is 1. The van der Waals surface area contributed by atoms with Gasteiger partial charge in [-0.1, -0.05) is 18.2 Å². The van der Waals surface area contributed by atoms with E-state index in [4.69, 9.17) is 9.84 Å². The molecule has 1 heterocycles. The van der Waals surface area contributed by atoms with Crippen LogP contribution < -0.4 is 10.6 Å². The molecule has 7 nitrogen and oxygen atoms in total. The van der Waals surface area contributed by atoms with E-state index in [1.165, 1.54) is 36.5 Å². The minimum Gasteiger partial charge on any atom is -0.480 e. The second kappa shape index (κ2) is 9.94. The molecular weight excluding hydrogens is 482 g/mol. The first-order chi connectivity index (χ1) is 17.1. The summed E-state index contributed by atoms with van der Waals surface area (Å²) in [5.41, 5.74) is -0.508. The fraction of sp³-hybridized carbons (Fsp3) is 0.240. The quantitative estimate of drug-likeness (QED) is 0.342. The first-order valence-electron chi connectivity index (χ1n) is 10.9. The monoisotopic (exact) mass is 503 g/mol. The molecule has 0 bridgehead atoms. The lowest BCUT2D eigenvalue weighted by molar-refractivity contribution is -0.159. The summed E-state index contributed by atoms with van der Waals surface area (Å²) in [6, 6.07) is 10.9. The minimum atomic E-state index is -4.54. The minimum absolute atomic E-state index is 0.0438. The van der Waals surface area contributed by atoms with E-state index < -0.39 is 41.8 Å². The van der Waals surface area contributed by atoms with Gasteiger partial charge in [-0.3, -0.25) is 5.32 Å². The molecule has 1 aromatic heterocycles. The van der Waals surface area contributed by atoms with Crippen LogP contribution in [0.5, 0.6) is 0 Å². The molecule has 36 heavy (non-hydrogen) atoms. The van der Waals surface area contributed by atoms with E-state index in [1.807, 2.05) is 0 Å². The Hall–Kier alpha value is -3.99. The third kappa shape index (κ3) is 5.62. The number of halogens is 4. The Balaban J connectivity index is 1.42. The molecular formula is C25H21F4N3O4. The molecule has 0 atom stereocenters. The Labute approximate surface area is 203 Å². The van der Waals surface area contributed by atoms with Crippen LogP contribution in [0.4, 0.5) is 33.9 Å². The first-order valence-corrected chi connectivity index (χ1v) is 10.9. The molecule has 1 aliphatic carbocycles. The van der Waals surface area contributed by atoms with Crippen molar-refractivity contribution >= 4 is 23.5 Å². The second-order valence-corrected chi connectivity index (χ2v) is 8.31. The molecule has 188 valence electrons. The van der Waals surface area contributed by atoms with E-state index in [9.17, 15) is 27.2 Å². The number of hydrogen-bond donors (Lipinski definition) is 3. The van der Waals surface area contributed by atoms with Gasteiger partial charge in [-0.25, -0.2) is 19.0 Å². The van der Waals surface area contributed by atoms with Gasteiger partial charge in [0.2, 0.25) is 0 Å². The van der Waals surface area contributed by atoms with Crippen molar-refractivity contribution in [3.8, 4) is 11.1 Å². The van der Waals surface area contributed by atoms with Crippen molar-refractivity contribution in [2.75, 3.05) is 17.2 Å². The summed E-state index contributed by atoms with van der Waals surface area (Å²) in [7, 11) is 0. The maximum absolute atomic E-state index is 14.9. The number of nitrogens with one attached hydrogen (secondary N) is 2. The SMILES string of the molecule is O=C(O)COC1(c2ccc(-c3ccc(NC(=O)Nc4cccc(C(F)(F)F)c4)nc3)c(F)c2)CCC1. The number of alkyl halides is 3. The zero-order valence-corrected chi connectivity index (χ0v) is 18.7. The van der Waals surface area contributed by atoms with Crippen molar-refractivity contribution in [3.05, 3.63) is 77.7 Å². The van der Waals surface area contributed by atoms with Crippen LogP contribution in [0.25, 0.3) is 11.1 Å². The zero-order chi connectivity index (χ0) is 25.9. The number of carbonyl (C=O) groups excluding carboxylic acids is 1. The topological polar surface area (TPSA) is 101 Å². The van der Waals surface area contributed by atoms with Crippen molar-refractivity contribution in [2.24, 2.45) is 0 Å². The van der Waals surface area contributed by atoms with Crippen LogP contribution in [0.15, 0.2) is 60.8 Å². The standard InChI is InChI=1S/C25H21F4N3O4/c26-20-12-16(24(9-2-10-24)36-14-22(33)34)6-7-19(20)15-5-8-21(30-13-15)32-23(35)31-18-4-1-3-17(11-18)25(27,28)29/h1,3-8,11-13H,2,9-10,14H2,(H,33,34)(H2,30,31,32,35). The maximum Gasteiger partial charge on any atom is 0.416 e. The van der Waals surface area contributed by atoms with Crippen molar-refractivity contribution < 1.29 is 37.0 Å². The summed E-state index contributed by atoms with van der Waals surface area (Å²) in [6.45, 7) is -0.469. The summed E-state index contributed by atoms with van der Waals surface area (Å²) in [6.07, 6.45) is -1.14. The number of ether oxygens (including phenoxy) is 1. The van der Waals surface area contributed by atoms with Crippen molar-refractivity contribution in [1.29, 1.82) is 0 Å². The number of nitrogens with zero attached hydrogens (tertiary/aromatic N) is 1. The number of hydrogen-bond acceptors (Lipinski definition) is 4. The second-order valence-electron chi connectivity index (χ2n) is 8.31. The summed E-state index contributed by atoms with van der Waals surface area (Å²) >= 11 is 0. The molecule has 4 rings (SSSR count). The fourth-order valence-corrected chi connectivity index (χ4v) is 3.93. The smallest absolute Gasteiger partial charge is 0.416 e. The van der Waals surface area contributed by atoms with E-state index in [1.54, 1.807) is 12.1 Å². The molecule has 2 aromatic carbocycles. The molecule has 0 saturated heterocycles. The van der Waals surface area contributed by atoms with Gasteiger partial charge in [0, 0.05) is 23.0 Å². The van der Waals surface area contributed by atoms with Crippen molar-refractivity contribution in [3.63, 3.8) is 0 Å². The normalized spacial score (nSPS) is 14.6. The van der Waals surface area contributed by atoms with E-state index >= 15 is 0 Å². The highest BCUT2D eigenvalue weighted by Crippen LogP contribution is 2.45. The highest BCUT2D eigenvalue weighted by molar-refractivity contribution is 5.99. The molecule has 1 fully saturated rings. The van der Waals surface area contributed by atoms with E-state index in [0.29, 0.717) is 24.0 Å².